The number of aliphatic imine (C=N–C) groups is 1. The van der Waals surface area contributed by atoms with Gasteiger partial charge in [-0.2, -0.15) is 5.10 Å². The minimum Gasteiger partial charge on any atom is -0.496 e. The Bertz CT molecular complexity index is 836. The third kappa shape index (κ3) is 2.97. The summed E-state index contributed by atoms with van der Waals surface area (Å²) in [7, 11) is 1.61. The van der Waals surface area contributed by atoms with Gasteiger partial charge in [-0.25, -0.2) is 0 Å². The molecule has 0 saturated carbocycles. The molecule has 1 aromatic heterocycles. The molecular weight excluding hydrogens is 292 g/mol. The van der Waals surface area contributed by atoms with Gasteiger partial charge in [0.15, 0.2) is 5.84 Å². The van der Waals surface area contributed by atoms with E-state index in [-0.39, 0.29) is 5.56 Å². The molecule has 0 fully saturated rings. The van der Waals surface area contributed by atoms with E-state index >= 15 is 0 Å². The topological polar surface area (TPSA) is 78.8 Å². The third-order valence-corrected chi connectivity index (χ3v) is 3.92. The molecule has 0 unspecified atom stereocenters. The zero-order chi connectivity index (χ0) is 16.2. The van der Waals surface area contributed by atoms with Crippen molar-refractivity contribution >= 4 is 23.0 Å². The molecule has 23 heavy (non-hydrogen) atoms. The number of nitrogens with zero attached hydrogens (tertiary/aromatic N) is 2. The molecule has 6 nitrogen and oxygen atoms in total. The van der Waals surface area contributed by atoms with Gasteiger partial charge in [-0.3, -0.25) is 15.2 Å². The fourth-order valence-corrected chi connectivity index (χ4v) is 2.81. The highest BCUT2D eigenvalue weighted by Crippen LogP contribution is 2.29. The van der Waals surface area contributed by atoms with Crippen molar-refractivity contribution in [1.29, 1.82) is 0 Å². The molecule has 0 spiro atoms. The largest absolute Gasteiger partial charge is 0.496 e. The van der Waals surface area contributed by atoms with E-state index in [2.05, 4.69) is 27.4 Å². The van der Waals surface area contributed by atoms with E-state index in [1.54, 1.807) is 19.4 Å². The van der Waals surface area contributed by atoms with Crippen LogP contribution in [0.1, 0.15) is 30.9 Å². The number of benzene rings is 1. The van der Waals surface area contributed by atoms with Crippen LogP contribution >= 0.6 is 0 Å². The summed E-state index contributed by atoms with van der Waals surface area (Å²) >= 11 is 0. The summed E-state index contributed by atoms with van der Waals surface area (Å²) in [5, 5.41) is 5.08. The molecule has 2 aromatic rings. The number of aromatic nitrogens is 1. The molecule has 6 heteroatoms. The van der Waals surface area contributed by atoms with Crippen LogP contribution in [0.15, 0.2) is 33.1 Å². The molecule has 0 aliphatic carbocycles. The average Bonchev–Trinajstić information content (AvgIpc) is 2.59. The van der Waals surface area contributed by atoms with E-state index in [1.165, 1.54) is 0 Å². The van der Waals surface area contributed by atoms with Crippen LogP contribution in [0.3, 0.4) is 0 Å². The molecule has 0 atom stereocenters. The lowest BCUT2D eigenvalue weighted by Crippen LogP contribution is -2.25. The molecule has 120 valence electrons. The van der Waals surface area contributed by atoms with Gasteiger partial charge in [0.25, 0.3) is 0 Å². The maximum Gasteiger partial charge on any atom is 0.248 e. The van der Waals surface area contributed by atoms with E-state index < -0.39 is 0 Å². The highest BCUT2D eigenvalue weighted by Gasteiger charge is 2.18. The minimum atomic E-state index is -0.113. The fourth-order valence-electron chi connectivity index (χ4n) is 2.81. The zero-order valence-corrected chi connectivity index (χ0v) is 13.3. The number of hydrogen-bond donors (Lipinski definition) is 2. The first-order valence-corrected chi connectivity index (χ1v) is 7.80. The maximum absolute atomic E-state index is 12.1. The fraction of sp³-hybridized carbons (Fsp3) is 0.353. The van der Waals surface area contributed by atoms with E-state index in [0.29, 0.717) is 18.1 Å². The zero-order valence-electron chi connectivity index (χ0n) is 13.3. The number of H-pyrrole nitrogens is 1. The normalized spacial score (nSPS) is 13.7. The van der Waals surface area contributed by atoms with Gasteiger partial charge in [0, 0.05) is 17.7 Å². The number of fused-ring (bicyclic) bond motifs is 1. The van der Waals surface area contributed by atoms with Crippen molar-refractivity contribution in [2.45, 2.75) is 26.2 Å². The highest BCUT2D eigenvalue weighted by atomic mass is 16.5. The number of ether oxygens (including phenoxy) is 1. The van der Waals surface area contributed by atoms with Crippen molar-refractivity contribution in [3.63, 3.8) is 0 Å². The molecule has 1 aliphatic rings. The Morgan fingerprint density at radius 1 is 1.35 bits per heavy atom. The number of nitrogens with one attached hydrogen (secondary N) is 2. The van der Waals surface area contributed by atoms with E-state index in [0.717, 1.165) is 41.3 Å². The summed E-state index contributed by atoms with van der Waals surface area (Å²) in [5.41, 5.74) is 5.33. The molecule has 2 heterocycles. The second-order valence-corrected chi connectivity index (χ2v) is 5.44. The van der Waals surface area contributed by atoms with E-state index in [4.69, 9.17) is 4.74 Å². The third-order valence-electron chi connectivity index (χ3n) is 3.92. The Balaban J connectivity index is 2.25. The molecule has 2 N–H and O–H groups in total. The molecule has 0 radical (unpaired) electrons. The molecule has 1 aliphatic heterocycles. The van der Waals surface area contributed by atoms with Crippen LogP contribution in [0.25, 0.3) is 10.9 Å². The predicted molar refractivity (Wildman–Crippen MR) is 92.8 cm³/mol. The van der Waals surface area contributed by atoms with Gasteiger partial charge >= 0.3 is 0 Å². The summed E-state index contributed by atoms with van der Waals surface area (Å²) in [4.78, 5) is 19.5. The van der Waals surface area contributed by atoms with Crippen LogP contribution in [0, 0.1) is 0 Å². The summed E-state index contributed by atoms with van der Waals surface area (Å²) in [6.45, 7) is 2.64. The smallest absolute Gasteiger partial charge is 0.248 e. The molecule has 0 amide bonds. The van der Waals surface area contributed by atoms with Crippen molar-refractivity contribution in [1.82, 2.24) is 10.4 Å². The molecule has 0 bridgehead atoms. The first-order valence-electron chi connectivity index (χ1n) is 7.80. The van der Waals surface area contributed by atoms with Crippen LogP contribution < -0.4 is 15.7 Å². The first-order chi connectivity index (χ1) is 11.2. The molecule has 3 rings (SSSR count). The van der Waals surface area contributed by atoms with Crippen molar-refractivity contribution in [2.75, 3.05) is 13.7 Å². The Kier molecular flexibility index (Phi) is 4.41. The number of unbranched alkanes of at least 4 members (excludes halogenated alkanes) is 1. The van der Waals surface area contributed by atoms with Crippen LogP contribution in [0.2, 0.25) is 0 Å². The molecular formula is C17H20N4O2. The number of rotatable bonds is 5. The summed E-state index contributed by atoms with van der Waals surface area (Å²) in [6, 6.07) is 5.59. The number of pyridine rings is 1. The quantitative estimate of drug-likeness (QED) is 0.888. The number of hydrogen-bond acceptors (Lipinski definition) is 5. The second-order valence-electron chi connectivity index (χ2n) is 5.44. The Hall–Kier alpha value is -2.63. The molecule has 0 saturated heterocycles. The predicted octanol–water partition coefficient (Wildman–Crippen LogP) is 2.21. The second kappa shape index (κ2) is 6.64. The van der Waals surface area contributed by atoms with Crippen LogP contribution in [0.5, 0.6) is 5.75 Å². The van der Waals surface area contributed by atoms with Gasteiger partial charge in [0.05, 0.1) is 24.7 Å². The number of hydrazone groups is 1. The van der Waals surface area contributed by atoms with Gasteiger partial charge in [-0.15, -0.1) is 0 Å². The summed E-state index contributed by atoms with van der Waals surface area (Å²) in [6.07, 6.45) is 4.70. The van der Waals surface area contributed by atoms with Crippen molar-refractivity contribution in [3.05, 3.63) is 39.7 Å². The monoisotopic (exact) mass is 312 g/mol. The number of aryl methyl sites for hydroxylation is 1. The summed E-state index contributed by atoms with van der Waals surface area (Å²) < 4.78 is 5.47. The van der Waals surface area contributed by atoms with Crippen LogP contribution in [-0.2, 0) is 6.42 Å². The van der Waals surface area contributed by atoms with Gasteiger partial charge in [0.2, 0.25) is 5.56 Å². The van der Waals surface area contributed by atoms with Gasteiger partial charge in [-0.05, 0) is 30.5 Å². The standard InChI is InChI=1S/C17H20N4O2/c1-3-4-5-11-10-14(22)20-16-12(11)6-7-13(23-2)15(16)17-18-8-9-19-21-17/h6-7,9-10H,3-5,8H2,1-2H3,(H,18,21)(H,20,22). The van der Waals surface area contributed by atoms with E-state index in [1.807, 2.05) is 12.1 Å². The number of methoxy groups -OCH3 is 1. The van der Waals surface area contributed by atoms with Crippen molar-refractivity contribution in [2.24, 2.45) is 10.1 Å². The SMILES string of the molecule is CCCCc1cc(=O)[nH]c2c(C3=NCC=NN3)c(OC)ccc12. The minimum absolute atomic E-state index is 0.113. The lowest BCUT2D eigenvalue weighted by Gasteiger charge is -2.16. The van der Waals surface area contributed by atoms with E-state index in [9.17, 15) is 4.79 Å². The summed E-state index contributed by atoms with van der Waals surface area (Å²) in [5.74, 6) is 1.27. The number of aromatic amines is 1. The molecule has 1 aromatic carbocycles. The maximum atomic E-state index is 12.1. The number of amidine groups is 1. The van der Waals surface area contributed by atoms with Crippen LogP contribution in [-0.4, -0.2) is 30.7 Å². The van der Waals surface area contributed by atoms with Gasteiger partial charge < -0.3 is 9.72 Å². The van der Waals surface area contributed by atoms with Crippen molar-refractivity contribution in [3.8, 4) is 5.75 Å². The Labute approximate surface area is 134 Å². The average molecular weight is 312 g/mol. The van der Waals surface area contributed by atoms with Gasteiger partial charge in [-0.1, -0.05) is 13.3 Å². The lowest BCUT2D eigenvalue weighted by molar-refractivity contribution is 0.414. The van der Waals surface area contributed by atoms with Crippen molar-refractivity contribution < 1.29 is 4.74 Å². The Morgan fingerprint density at radius 2 is 2.22 bits per heavy atom. The lowest BCUT2D eigenvalue weighted by atomic mass is 10.00. The van der Waals surface area contributed by atoms with Gasteiger partial charge in [0.1, 0.15) is 5.75 Å². The first kappa shape index (κ1) is 15.3. The Morgan fingerprint density at radius 3 is 2.91 bits per heavy atom. The van der Waals surface area contributed by atoms with Crippen LogP contribution in [0.4, 0.5) is 0 Å². The highest BCUT2D eigenvalue weighted by molar-refractivity contribution is 6.12.